The number of hydrogen-bond donors (Lipinski definition) is 1. The van der Waals surface area contributed by atoms with Gasteiger partial charge in [-0.15, -0.1) is 0 Å². The molecule has 0 atom stereocenters. The molecule has 2 N–H and O–H groups in total. The fourth-order valence-electron chi connectivity index (χ4n) is 2.14. The van der Waals surface area contributed by atoms with Crippen molar-refractivity contribution in [2.45, 2.75) is 0 Å². The van der Waals surface area contributed by atoms with Crippen molar-refractivity contribution < 1.29 is 4.79 Å². The molecule has 4 heteroatoms. The van der Waals surface area contributed by atoms with Gasteiger partial charge in [0.1, 0.15) is 0 Å². The van der Waals surface area contributed by atoms with Gasteiger partial charge in [-0.1, -0.05) is 30.3 Å². The summed E-state index contributed by atoms with van der Waals surface area (Å²) in [5.41, 5.74) is 7.72. The van der Waals surface area contributed by atoms with Crippen molar-refractivity contribution in [3.63, 3.8) is 0 Å². The maximum Gasteiger partial charge on any atom is 0.265 e. The van der Waals surface area contributed by atoms with Crippen LogP contribution in [0.1, 0.15) is 10.4 Å². The van der Waals surface area contributed by atoms with E-state index in [1.54, 1.807) is 16.7 Å². The van der Waals surface area contributed by atoms with E-state index in [-0.39, 0.29) is 5.91 Å². The second kappa shape index (κ2) is 4.55. The van der Waals surface area contributed by atoms with Crippen LogP contribution in [0.15, 0.2) is 59.2 Å². The SMILES string of the molecule is Nc1ccccc1C(=O)n1c(Br)cc2ccccc21. The van der Waals surface area contributed by atoms with E-state index in [4.69, 9.17) is 5.73 Å². The molecule has 0 saturated heterocycles. The third kappa shape index (κ3) is 1.94. The number of nitrogens with two attached hydrogens (primary N) is 1. The van der Waals surface area contributed by atoms with Crippen LogP contribution in [0.2, 0.25) is 0 Å². The number of carbonyl (C=O) groups excluding carboxylic acids is 1. The topological polar surface area (TPSA) is 48.0 Å². The molecule has 0 fully saturated rings. The Balaban J connectivity index is 2.23. The van der Waals surface area contributed by atoms with Crippen LogP contribution in [0.4, 0.5) is 5.69 Å². The third-order valence-electron chi connectivity index (χ3n) is 3.06. The predicted octanol–water partition coefficient (Wildman–Crippen LogP) is 3.67. The Labute approximate surface area is 118 Å². The number of benzene rings is 2. The first-order chi connectivity index (χ1) is 9.18. The summed E-state index contributed by atoms with van der Waals surface area (Å²) in [6, 6.07) is 16.7. The molecule has 19 heavy (non-hydrogen) atoms. The van der Waals surface area contributed by atoms with E-state index in [9.17, 15) is 4.79 Å². The van der Waals surface area contributed by atoms with Gasteiger partial charge in [0.15, 0.2) is 0 Å². The highest BCUT2D eigenvalue weighted by Crippen LogP contribution is 2.26. The van der Waals surface area contributed by atoms with Gasteiger partial charge in [0.05, 0.1) is 15.7 Å². The molecule has 0 spiro atoms. The average Bonchev–Trinajstić information content (AvgIpc) is 2.74. The van der Waals surface area contributed by atoms with Crippen molar-refractivity contribution in [2.75, 3.05) is 5.73 Å². The molecule has 0 radical (unpaired) electrons. The summed E-state index contributed by atoms with van der Waals surface area (Å²) in [4.78, 5) is 12.6. The Morgan fingerprint density at radius 1 is 1.05 bits per heavy atom. The number of hydrogen-bond acceptors (Lipinski definition) is 2. The standard InChI is InChI=1S/C15H11BrN2O/c16-14-9-10-5-1-4-8-13(10)18(14)15(19)11-6-2-3-7-12(11)17/h1-9H,17H2. The largest absolute Gasteiger partial charge is 0.398 e. The molecular weight excluding hydrogens is 304 g/mol. The zero-order chi connectivity index (χ0) is 13.4. The van der Waals surface area contributed by atoms with Gasteiger partial charge in [-0.25, -0.2) is 0 Å². The minimum absolute atomic E-state index is 0.133. The molecule has 94 valence electrons. The van der Waals surface area contributed by atoms with Crippen molar-refractivity contribution in [3.05, 3.63) is 64.8 Å². The van der Waals surface area contributed by atoms with Gasteiger partial charge in [-0.3, -0.25) is 9.36 Å². The summed E-state index contributed by atoms with van der Waals surface area (Å²) in [7, 11) is 0. The lowest BCUT2D eigenvalue weighted by molar-refractivity contribution is 0.0963. The maximum absolute atomic E-state index is 12.6. The molecule has 3 nitrogen and oxygen atoms in total. The van der Waals surface area contributed by atoms with Gasteiger partial charge in [0.25, 0.3) is 5.91 Å². The first kappa shape index (κ1) is 12.0. The lowest BCUT2D eigenvalue weighted by atomic mass is 10.1. The Morgan fingerprint density at radius 2 is 1.74 bits per heavy atom. The number of fused-ring (bicyclic) bond motifs is 1. The molecule has 2 aromatic carbocycles. The Kier molecular flexibility index (Phi) is 2.87. The maximum atomic E-state index is 12.6. The highest BCUT2D eigenvalue weighted by Gasteiger charge is 2.16. The number of nitrogens with zero attached hydrogens (tertiary/aromatic N) is 1. The van der Waals surface area contributed by atoms with E-state index < -0.39 is 0 Å². The smallest absolute Gasteiger partial charge is 0.265 e. The van der Waals surface area contributed by atoms with Crippen LogP contribution < -0.4 is 5.73 Å². The summed E-state index contributed by atoms with van der Waals surface area (Å²) >= 11 is 3.43. The highest BCUT2D eigenvalue weighted by atomic mass is 79.9. The Hall–Kier alpha value is -2.07. The number of para-hydroxylation sites is 2. The molecule has 0 aliphatic heterocycles. The molecule has 0 unspecified atom stereocenters. The average molecular weight is 315 g/mol. The van der Waals surface area contributed by atoms with E-state index in [0.29, 0.717) is 11.3 Å². The monoisotopic (exact) mass is 314 g/mol. The van der Waals surface area contributed by atoms with Gasteiger partial charge >= 0.3 is 0 Å². The number of halogens is 1. The molecule has 3 aromatic rings. The van der Waals surface area contributed by atoms with Crippen LogP contribution >= 0.6 is 15.9 Å². The van der Waals surface area contributed by atoms with E-state index in [2.05, 4.69) is 15.9 Å². The lowest BCUT2D eigenvalue weighted by Gasteiger charge is -2.08. The van der Waals surface area contributed by atoms with Crippen molar-refractivity contribution in [1.29, 1.82) is 0 Å². The van der Waals surface area contributed by atoms with Crippen LogP contribution in [0.25, 0.3) is 10.9 Å². The van der Waals surface area contributed by atoms with Gasteiger partial charge in [-0.05, 0) is 40.2 Å². The summed E-state index contributed by atoms with van der Waals surface area (Å²) in [6.45, 7) is 0. The first-order valence-electron chi connectivity index (χ1n) is 5.83. The molecular formula is C15H11BrN2O. The molecule has 0 bridgehead atoms. The second-order valence-corrected chi connectivity index (χ2v) is 5.07. The van der Waals surface area contributed by atoms with Crippen LogP contribution in [0.5, 0.6) is 0 Å². The van der Waals surface area contributed by atoms with E-state index in [0.717, 1.165) is 15.5 Å². The third-order valence-corrected chi connectivity index (χ3v) is 3.64. The summed E-state index contributed by atoms with van der Waals surface area (Å²) in [5, 5.41) is 1.01. The summed E-state index contributed by atoms with van der Waals surface area (Å²) < 4.78 is 2.35. The molecule has 1 aromatic heterocycles. The lowest BCUT2D eigenvalue weighted by Crippen LogP contribution is -2.13. The summed E-state index contributed by atoms with van der Waals surface area (Å²) in [6.07, 6.45) is 0. The van der Waals surface area contributed by atoms with E-state index >= 15 is 0 Å². The number of carbonyl (C=O) groups is 1. The highest BCUT2D eigenvalue weighted by molar-refractivity contribution is 9.10. The fourth-order valence-corrected chi connectivity index (χ4v) is 2.74. The normalized spacial score (nSPS) is 10.8. The molecule has 0 aliphatic rings. The van der Waals surface area contributed by atoms with Crippen LogP contribution in [0, 0.1) is 0 Å². The minimum Gasteiger partial charge on any atom is -0.398 e. The van der Waals surface area contributed by atoms with Crippen LogP contribution in [-0.4, -0.2) is 10.5 Å². The Bertz CT molecular complexity index is 777. The van der Waals surface area contributed by atoms with Crippen LogP contribution in [0.3, 0.4) is 0 Å². The van der Waals surface area contributed by atoms with Gasteiger partial charge in [0.2, 0.25) is 0 Å². The summed E-state index contributed by atoms with van der Waals surface area (Å²) in [5.74, 6) is -0.133. The molecule has 0 amide bonds. The Morgan fingerprint density at radius 3 is 2.53 bits per heavy atom. The van der Waals surface area contributed by atoms with Gasteiger partial charge < -0.3 is 5.73 Å². The van der Waals surface area contributed by atoms with E-state index in [1.165, 1.54) is 0 Å². The second-order valence-electron chi connectivity index (χ2n) is 4.25. The number of rotatable bonds is 1. The first-order valence-corrected chi connectivity index (χ1v) is 6.63. The quantitative estimate of drug-likeness (QED) is 0.697. The van der Waals surface area contributed by atoms with Crippen molar-refractivity contribution in [3.8, 4) is 0 Å². The van der Waals surface area contributed by atoms with Gasteiger partial charge in [0, 0.05) is 11.1 Å². The zero-order valence-electron chi connectivity index (χ0n) is 10.0. The van der Waals surface area contributed by atoms with Gasteiger partial charge in [-0.2, -0.15) is 0 Å². The van der Waals surface area contributed by atoms with E-state index in [1.807, 2.05) is 42.5 Å². The number of aromatic nitrogens is 1. The molecule has 0 aliphatic carbocycles. The van der Waals surface area contributed by atoms with Crippen molar-refractivity contribution in [2.24, 2.45) is 0 Å². The number of nitrogen functional groups attached to an aromatic ring is 1. The van der Waals surface area contributed by atoms with Crippen molar-refractivity contribution in [1.82, 2.24) is 4.57 Å². The molecule has 1 heterocycles. The fraction of sp³-hybridized carbons (Fsp3) is 0. The van der Waals surface area contributed by atoms with Crippen LogP contribution in [-0.2, 0) is 0 Å². The number of anilines is 1. The predicted molar refractivity (Wildman–Crippen MR) is 80.2 cm³/mol. The minimum atomic E-state index is -0.133. The van der Waals surface area contributed by atoms with Crippen molar-refractivity contribution >= 4 is 38.4 Å². The molecule has 3 rings (SSSR count). The molecule has 0 saturated carbocycles. The zero-order valence-corrected chi connectivity index (χ0v) is 11.6.